The molecule has 34 heavy (non-hydrogen) atoms. The number of fused-ring (bicyclic) bond motifs is 1. The van der Waals surface area contributed by atoms with Gasteiger partial charge in [0, 0.05) is 13.6 Å². The number of carbonyl (C=O) groups is 2. The second-order valence-electron chi connectivity index (χ2n) is 8.06. The van der Waals surface area contributed by atoms with E-state index in [-0.39, 0.29) is 24.8 Å². The quantitative estimate of drug-likeness (QED) is 0.507. The first-order valence-corrected chi connectivity index (χ1v) is 11.1. The number of para-hydroxylation sites is 2. The van der Waals surface area contributed by atoms with Gasteiger partial charge in [-0.1, -0.05) is 48.5 Å². The summed E-state index contributed by atoms with van der Waals surface area (Å²) in [5, 5.41) is 0. The van der Waals surface area contributed by atoms with E-state index in [9.17, 15) is 9.59 Å². The molecule has 0 bridgehead atoms. The summed E-state index contributed by atoms with van der Waals surface area (Å²) in [6, 6.07) is 22.8. The van der Waals surface area contributed by atoms with Crippen LogP contribution < -0.4 is 19.1 Å². The summed E-state index contributed by atoms with van der Waals surface area (Å²) in [6.45, 7) is 1.05. The van der Waals surface area contributed by atoms with Gasteiger partial charge in [-0.25, -0.2) is 0 Å². The summed E-state index contributed by atoms with van der Waals surface area (Å²) < 4.78 is 17.1. The Hall–Kier alpha value is -4.00. The van der Waals surface area contributed by atoms with Gasteiger partial charge >= 0.3 is 0 Å². The molecule has 7 nitrogen and oxygen atoms in total. The Morgan fingerprint density at radius 1 is 1.00 bits per heavy atom. The van der Waals surface area contributed by atoms with Crippen LogP contribution in [0.1, 0.15) is 17.5 Å². The lowest BCUT2D eigenvalue weighted by Crippen LogP contribution is -2.41. The van der Waals surface area contributed by atoms with Crippen molar-refractivity contribution in [1.82, 2.24) is 4.90 Å². The molecule has 7 heteroatoms. The highest BCUT2D eigenvalue weighted by Gasteiger charge is 2.26. The average molecular weight is 461 g/mol. The molecular formula is C27H28N2O5. The molecule has 0 aromatic heterocycles. The van der Waals surface area contributed by atoms with Crippen LogP contribution in [-0.4, -0.2) is 44.0 Å². The minimum Gasteiger partial charge on any atom is -0.493 e. The average Bonchev–Trinajstić information content (AvgIpc) is 3.02. The minimum atomic E-state index is -0.173. The molecule has 0 fully saturated rings. The molecule has 176 valence electrons. The largest absolute Gasteiger partial charge is 0.493 e. The maximum absolute atomic E-state index is 13.0. The van der Waals surface area contributed by atoms with Crippen molar-refractivity contribution >= 4 is 17.5 Å². The minimum absolute atomic E-state index is 0.0505. The number of rotatable bonds is 8. The standard InChI is InChI=1S/C27H28N2O5/c1-28(27(31)18-29-22-10-6-7-11-23(22)33-15-14-26(29)30)17-21-12-13-24(25(16-21)32-2)34-19-20-8-4-3-5-9-20/h3-13,16H,14-15,17-19H2,1-2H3. The maximum Gasteiger partial charge on any atom is 0.242 e. The fraction of sp³-hybridized carbons (Fsp3) is 0.259. The molecule has 4 rings (SSSR count). The maximum atomic E-state index is 13.0. The molecule has 0 spiro atoms. The first kappa shape index (κ1) is 23.2. The molecular weight excluding hydrogens is 432 g/mol. The van der Waals surface area contributed by atoms with E-state index in [2.05, 4.69) is 0 Å². The number of likely N-dealkylation sites (N-methyl/N-ethyl adjacent to an activating group) is 1. The van der Waals surface area contributed by atoms with Crippen LogP contribution in [-0.2, 0) is 22.7 Å². The molecule has 0 saturated heterocycles. The summed E-state index contributed by atoms with van der Waals surface area (Å²) >= 11 is 0. The van der Waals surface area contributed by atoms with Crippen molar-refractivity contribution in [3.05, 3.63) is 83.9 Å². The van der Waals surface area contributed by atoms with Crippen molar-refractivity contribution in [2.75, 3.05) is 32.2 Å². The van der Waals surface area contributed by atoms with Crippen molar-refractivity contribution in [3.63, 3.8) is 0 Å². The Morgan fingerprint density at radius 2 is 1.76 bits per heavy atom. The fourth-order valence-electron chi connectivity index (χ4n) is 3.78. The van der Waals surface area contributed by atoms with Gasteiger partial charge in [0.1, 0.15) is 18.9 Å². The molecule has 1 aliphatic rings. The van der Waals surface area contributed by atoms with Crippen molar-refractivity contribution in [2.24, 2.45) is 0 Å². The van der Waals surface area contributed by atoms with Gasteiger partial charge < -0.3 is 19.1 Å². The van der Waals surface area contributed by atoms with Crippen LogP contribution >= 0.6 is 0 Å². The summed E-state index contributed by atoms with van der Waals surface area (Å²) in [5.74, 6) is 1.54. The molecule has 0 radical (unpaired) electrons. The first-order chi connectivity index (χ1) is 16.5. The van der Waals surface area contributed by atoms with Gasteiger partial charge in [0.05, 0.1) is 25.8 Å². The smallest absolute Gasteiger partial charge is 0.242 e. The van der Waals surface area contributed by atoms with Gasteiger partial charge in [-0.15, -0.1) is 0 Å². The normalized spacial score (nSPS) is 12.9. The Balaban J connectivity index is 1.41. The second-order valence-corrected chi connectivity index (χ2v) is 8.06. The Bertz CT molecular complexity index is 1150. The highest BCUT2D eigenvalue weighted by atomic mass is 16.5. The summed E-state index contributed by atoms with van der Waals surface area (Å²) in [6.07, 6.45) is 0.229. The molecule has 1 heterocycles. The topological polar surface area (TPSA) is 68.3 Å². The number of amides is 2. The van der Waals surface area contributed by atoms with E-state index in [4.69, 9.17) is 14.2 Å². The highest BCUT2D eigenvalue weighted by Crippen LogP contribution is 2.31. The van der Waals surface area contributed by atoms with E-state index in [0.29, 0.717) is 42.7 Å². The second kappa shape index (κ2) is 10.7. The summed E-state index contributed by atoms with van der Waals surface area (Å²) in [5.41, 5.74) is 2.58. The molecule has 2 amide bonds. The van der Waals surface area contributed by atoms with Crippen molar-refractivity contribution in [3.8, 4) is 17.2 Å². The predicted molar refractivity (Wildman–Crippen MR) is 129 cm³/mol. The van der Waals surface area contributed by atoms with Crippen LogP contribution in [0.25, 0.3) is 0 Å². The van der Waals surface area contributed by atoms with Crippen LogP contribution in [0.2, 0.25) is 0 Å². The fourth-order valence-corrected chi connectivity index (χ4v) is 3.78. The number of ether oxygens (including phenoxy) is 3. The van der Waals surface area contributed by atoms with Crippen LogP contribution in [0, 0.1) is 0 Å². The van der Waals surface area contributed by atoms with Gasteiger partial charge in [0.15, 0.2) is 11.5 Å². The number of hydrogen-bond donors (Lipinski definition) is 0. The lowest BCUT2D eigenvalue weighted by atomic mass is 10.2. The monoisotopic (exact) mass is 460 g/mol. The van der Waals surface area contributed by atoms with Gasteiger partial charge in [-0.3, -0.25) is 14.5 Å². The molecule has 0 atom stereocenters. The Morgan fingerprint density at radius 3 is 2.56 bits per heavy atom. The van der Waals surface area contributed by atoms with Crippen molar-refractivity contribution < 1.29 is 23.8 Å². The van der Waals surface area contributed by atoms with E-state index in [1.807, 2.05) is 66.7 Å². The first-order valence-electron chi connectivity index (χ1n) is 11.1. The van der Waals surface area contributed by atoms with Crippen LogP contribution in [0.3, 0.4) is 0 Å². The zero-order chi connectivity index (χ0) is 23.9. The molecule has 3 aromatic rings. The van der Waals surface area contributed by atoms with Crippen LogP contribution in [0.4, 0.5) is 5.69 Å². The molecule has 0 aliphatic carbocycles. The third kappa shape index (κ3) is 5.49. The lowest BCUT2D eigenvalue weighted by Gasteiger charge is -2.25. The van der Waals surface area contributed by atoms with E-state index in [1.165, 1.54) is 4.90 Å². The van der Waals surface area contributed by atoms with Crippen LogP contribution in [0.5, 0.6) is 17.2 Å². The van der Waals surface area contributed by atoms with Gasteiger partial charge in [0.2, 0.25) is 11.8 Å². The zero-order valence-corrected chi connectivity index (χ0v) is 19.4. The number of methoxy groups -OCH3 is 1. The van der Waals surface area contributed by atoms with E-state index in [1.54, 1.807) is 25.1 Å². The van der Waals surface area contributed by atoms with Gasteiger partial charge in [-0.2, -0.15) is 0 Å². The number of anilines is 1. The van der Waals surface area contributed by atoms with Crippen molar-refractivity contribution in [1.29, 1.82) is 0 Å². The summed E-state index contributed by atoms with van der Waals surface area (Å²) in [7, 11) is 3.31. The number of hydrogen-bond acceptors (Lipinski definition) is 5. The lowest BCUT2D eigenvalue weighted by molar-refractivity contribution is -0.130. The van der Waals surface area contributed by atoms with Gasteiger partial charge in [0.25, 0.3) is 0 Å². The van der Waals surface area contributed by atoms with E-state index in [0.717, 1.165) is 11.1 Å². The predicted octanol–water partition coefficient (Wildman–Crippen LogP) is 4.05. The summed E-state index contributed by atoms with van der Waals surface area (Å²) in [4.78, 5) is 28.7. The van der Waals surface area contributed by atoms with E-state index >= 15 is 0 Å². The number of carbonyl (C=O) groups excluding carboxylic acids is 2. The van der Waals surface area contributed by atoms with Gasteiger partial charge in [-0.05, 0) is 35.4 Å². The van der Waals surface area contributed by atoms with Crippen LogP contribution in [0.15, 0.2) is 72.8 Å². The molecule has 0 saturated carbocycles. The highest BCUT2D eigenvalue weighted by molar-refractivity contribution is 6.00. The Kier molecular flexibility index (Phi) is 7.32. The van der Waals surface area contributed by atoms with Crippen molar-refractivity contribution in [2.45, 2.75) is 19.6 Å². The molecule has 0 N–H and O–H groups in total. The molecule has 1 aliphatic heterocycles. The Labute approximate surface area is 199 Å². The van der Waals surface area contributed by atoms with E-state index < -0.39 is 0 Å². The zero-order valence-electron chi connectivity index (χ0n) is 19.4. The molecule has 3 aromatic carbocycles. The number of benzene rings is 3. The third-order valence-corrected chi connectivity index (χ3v) is 5.63. The molecule has 0 unspecified atom stereocenters. The SMILES string of the molecule is COc1cc(CN(C)C(=O)CN2C(=O)CCOc3ccccc32)ccc1OCc1ccccc1. The third-order valence-electron chi connectivity index (χ3n) is 5.63. The number of nitrogens with zero attached hydrogens (tertiary/aromatic N) is 2.